The highest BCUT2D eigenvalue weighted by Crippen LogP contribution is 2.17. The maximum absolute atomic E-state index is 13.4. The Kier molecular flexibility index (Phi) is 5.74. The van der Waals surface area contributed by atoms with Crippen LogP contribution < -0.4 is 5.32 Å². The number of hydrogen-bond donors (Lipinski definition) is 1. The summed E-state index contributed by atoms with van der Waals surface area (Å²) in [5, 5.41) is 5.70. The Bertz CT molecular complexity index is 522. The van der Waals surface area contributed by atoms with Crippen molar-refractivity contribution in [3.8, 4) is 0 Å². The van der Waals surface area contributed by atoms with E-state index in [2.05, 4.69) is 36.7 Å². The second-order valence-corrected chi connectivity index (χ2v) is 6.24. The van der Waals surface area contributed by atoms with Gasteiger partial charge >= 0.3 is 0 Å². The molecule has 0 radical (unpaired) electrons. The van der Waals surface area contributed by atoms with Gasteiger partial charge in [-0.2, -0.15) is 0 Å². The summed E-state index contributed by atoms with van der Waals surface area (Å²) in [6.45, 7) is 5.23. The lowest BCUT2D eigenvalue weighted by molar-refractivity contribution is 0.505. The molecule has 20 heavy (non-hydrogen) atoms. The average Bonchev–Trinajstić information content (AvgIpc) is 2.93. The number of aryl methyl sites for hydroxylation is 1. The van der Waals surface area contributed by atoms with Gasteiger partial charge in [0.05, 0.1) is 0 Å². The third kappa shape index (κ3) is 4.43. The van der Waals surface area contributed by atoms with Crippen LogP contribution in [-0.4, -0.2) is 12.6 Å². The quantitative estimate of drug-likeness (QED) is 0.799. The number of halogens is 1. The van der Waals surface area contributed by atoms with E-state index in [0.717, 1.165) is 31.4 Å². The molecule has 2 aromatic rings. The lowest BCUT2D eigenvalue weighted by Gasteiger charge is -2.19. The van der Waals surface area contributed by atoms with Crippen LogP contribution in [0.25, 0.3) is 0 Å². The molecule has 1 heterocycles. The molecular weight excluding hydrogens is 269 g/mol. The standard InChI is InChI=1S/C17H22FNS/c1-3-8-19-16(12-17-5-4-9-20-17)11-14-10-15(18)7-6-13(14)2/h4-7,9-10,16,19H,3,8,11-12H2,1-2H3. The molecule has 3 heteroatoms. The molecule has 0 amide bonds. The summed E-state index contributed by atoms with van der Waals surface area (Å²) in [6, 6.07) is 9.70. The summed E-state index contributed by atoms with van der Waals surface area (Å²) in [7, 11) is 0. The number of nitrogens with one attached hydrogen (secondary N) is 1. The van der Waals surface area contributed by atoms with Crippen LogP contribution in [0.2, 0.25) is 0 Å². The van der Waals surface area contributed by atoms with Crippen LogP contribution in [0.4, 0.5) is 4.39 Å². The molecule has 0 saturated heterocycles. The van der Waals surface area contributed by atoms with Gasteiger partial charge in [-0.1, -0.05) is 19.1 Å². The molecule has 108 valence electrons. The van der Waals surface area contributed by atoms with Crippen molar-refractivity contribution in [2.75, 3.05) is 6.54 Å². The molecule has 1 aromatic carbocycles. The molecule has 1 N–H and O–H groups in total. The minimum absolute atomic E-state index is 0.143. The average molecular weight is 291 g/mol. The summed E-state index contributed by atoms with van der Waals surface area (Å²) >= 11 is 1.79. The molecule has 0 aliphatic rings. The second-order valence-electron chi connectivity index (χ2n) is 5.21. The Balaban J connectivity index is 2.08. The Morgan fingerprint density at radius 2 is 2.10 bits per heavy atom. The number of hydrogen-bond acceptors (Lipinski definition) is 2. The van der Waals surface area contributed by atoms with E-state index >= 15 is 0 Å². The third-order valence-electron chi connectivity index (χ3n) is 3.49. The zero-order valence-corrected chi connectivity index (χ0v) is 13.0. The maximum atomic E-state index is 13.4. The molecule has 0 aliphatic heterocycles. The van der Waals surface area contributed by atoms with Crippen LogP contribution in [0.3, 0.4) is 0 Å². The molecule has 0 spiro atoms. The zero-order chi connectivity index (χ0) is 14.4. The van der Waals surface area contributed by atoms with Gasteiger partial charge < -0.3 is 5.32 Å². The molecule has 0 aliphatic carbocycles. The second kappa shape index (κ2) is 7.55. The van der Waals surface area contributed by atoms with Gasteiger partial charge in [-0.05, 0) is 67.4 Å². The monoisotopic (exact) mass is 291 g/mol. The zero-order valence-electron chi connectivity index (χ0n) is 12.2. The normalized spacial score (nSPS) is 12.6. The summed E-state index contributed by atoms with van der Waals surface area (Å²) in [4.78, 5) is 1.38. The van der Waals surface area contributed by atoms with E-state index in [-0.39, 0.29) is 5.82 Å². The van der Waals surface area contributed by atoms with Gasteiger partial charge in [-0.25, -0.2) is 4.39 Å². The molecule has 2 rings (SSSR count). The van der Waals surface area contributed by atoms with E-state index in [0.29, 0.717) is 6.04 Å². The van der Waals surface area contributed by atoms with Crippen LogP contribution in [0, 0.1) is 12.7 Å². The molecule has 1 unspecified atom stereocenters. The van der Waals surface area contributed by atoms with Crippen molar-refractivity contribution in [2.24, 2.45) is 0 Å². The Morgan fingerprint density at radius 3 is 2.80 bits per heavy atom. The van der Waals surface area contributed by atoms with Gasteiger partial charge in [0.15, 0.2) is 0 Å². The fourth-order valence-corrected chi connectivity index (χ4v) is 3.15. The lowest BCUT2D eigenvalue weighted by Crippen LogP contribution is -2.33. The van der Waals surface area contributed by atoms with Gasteiger partial charge in [-0.15, -0.1) is 11.3 Å². The Morgan fingerprint density at radius 1 is 1.25 bits per heavy atom. The van der Waals surface area contributed by atoms with Gasteiger partial charge in [0.1, 0.15) is 5.82 Å². The number of thiophene rings is 1. The highest BCUT2D eigenvalue weighted by molar-refractivity contribution is 7.09. The van der Waals surface area contributed by atoms with Gasteiger partial charge in [0.25, 0.3) is 0 Å². The smallest absolute Gasteiger partial charge is 0.123 e. The predicted molar refractivity (Wildman–Crippen MR) is 84.9 cm³/mol. The van der Waals surface area contributed by atoms with Crippen molar-refractivity contribution in [2.45, 2.75) is 39.2 Å². The molecule has 0 saturated carbocycles. The highest BCUT2D eigenvalue weighted by atomic mass is 32.1. The number of benzene rings is 1. The maximum Gasteiger partial charge on any atom is 0.123 e. The van der Waals surface area contributed by atoms with Gasteiger partial charge in [-0.3, -0.25) is 0 Å². The first kappa shape index (κ1) is 15.2. The van der Waals surface area contributed by atoms with E-state index in [9.17, 15) is 4.39 Å². The van der Waals surface area contributed by atoms with Crippen molar-refractivity contribution in [3.63, 3.8) is 0 Å². The molecule has 1 nitrogen and oxygen atoms in total. The SMILES string of the molecule is CCCNC(Cc1cccs1)Cc1cc(F)ccc1C. The van der Waals surface area contributed by atoms with Crippen molar-refractivity contribution in [3.05, 3.63) is 57.5 Å². The molecular formula is C17H22FNS. The Hall–Kier alpha value is -1.19. The number of rotatable bonds is 7. The lowest BCUT2D eigenvalue weighted by atomic mass is 9.98. The fourth-order valence-electron chi connectivity index (χ4n) is 2.36. The summed E-state index contributed by atoms with van der Waals surface area (Å²) in [6.07, 6.45) is 3.00. The first-order valence-electron chi connectivity index (χ1n) is 7.20. The summed E-state index contributed by atoms with van der Waals surface area (Å²) in [5.41, 5.74) is 2.27. The van der Waals surface area contributed by atoms with Crippen molar-refractivity contribution >= 4 is 11.3 Å². The fraction of sp³-hybridized carbons (Fsp3) is 0.412. The van der Waals surface area contributed by atoms with Crippen LogP contribution in [0.5, 0.6) is 0 Å². The third-order valence-corrected chi connectivity index (χ3v) is 4.39. The van der Waals surface area contributed by atoms with E-state index in [1.165, 1.54) is 16.5 Å². The van der Waals surface area contributed by atoms with Crippen molar-refractivity contribution in [1.29, 1.82) is 0 Å². The molecule has 0 bridgehead atoms. The molecule has 1 atom stereocenters. The van der Waals surface area contributed by atoms with Gasteiger partial charge in [0, 0.05) is 10.9 Å². The topological polar surface area (TPSA) is 12.0 Å². The largest absolute Gasteiger partial charge is 0.313 e. The Labute approximate surface area is 124 Å². The predicted octanol–water partition coefficient (Wildman–Crippen LogP) is 4.35. The molecule has 0 fully saturated rings. The summed E-state index contributed by atoms with van der Waals surface area (Å²) in [5.74, 6) is -0.143. The van der Waals surface area contributed by atoms with E-state index in [4.69, 9.17) is 0 Å². The van der Waals surface area contributed by atoms with Crippen LogP contribution in [-0.2, 0) is 12.8 Å². The minimum Gasteiger partial charge on any atom is -0.313 e. The van der Waals surface area contributed by atoms with E-state index in [1.54, 1.807) is 17.4 Å². The van der Waals surface area contributed by atoms with Crippen LogP contribution >= 0.6 is 11.3 Å². The first-order valence-corrected chi connectivity index (χ1v) is 8.07. The highest BCUT2D eigenvalue weighted by Gasteiger charge is 2.12. The van der Waals surface area contributed by atoms with E-state index in [1.807, 2.05) is 6.07 Å². The van der Waals surface area contributed by atoms with Crippen LogP contribution in [0.1, 0.15) is 29.3 Å². The minimum atomic E-state index is -0.143. The molecule has 1 aromatic heterocycles. The first-order chi connectivity index (χ1) is 9.69. The summed E-state index contributed by atoms with van der Waals surface area (Å²) < 4.78 is 13.4. The van der Waals surface area contributed by atoms with Crippen LogP contribution in [0.15, 0.2) is 35.7 Å². The van der Waals surface area contributed by atoms with Gasteiger partial charge in [0.2, 0.25) is 0 Å². The van der Waals surface area contributed by atoms with Crippen molar-refractivity contribution < 1.29 is 4.39 Å². The van der Waals surface area contributed by atoms with Crippen molar-refractivity contribution in [1.82, 2.24) is 5.32 Å². The van der Waals surface area contributed by atoms with E-state index < -0.39 is 0 Å².